The van der Waals surface area contributed by atoms with Crippen LogP contribution >= 0.6 is 0 Å². The van der Waals surface area contributed by atoms with Gasteiger partial charge in [0.2, 0.25) is 0 Å². The van der Waals surface area contributed by atoms with Crippen LogP contribution in [0.5, 0.6) is 0 Å². The number of carboxylic acid groups (broad SMARTS) is 1. The molecule has 1 heterocycles. The lowest BCUT2D eigenvalue weighted by atomic mass is 9.69. The third-order valence-electron chi connectivity index (χ3n) is 4.77. The first-order valence-electron chi connectivity index (χ1n) is 7.18. The van der Waals surface area contributed by atoms with Crippen molar-refractivity contribution in [2.45, 2.75) is 57.9 Å². The highest BCUT2D eigenvalue weighted by atomic mass is 16.4. The second-order valence-corrected chi connectivity index (χ2v) is 6.05. The lowest BCUT2D eigenvalue weighted by molar-refractivity contribution is -0.156. The number of tetrazole rings is 1. The molecule has 0 amide bonds. The molecule has 0 atom stereocenters. The first kappa shape index (κ1) is 12.6. The summed E-state index contributed by atoms with van der Waals surface area (Å²) in [6, 6.07) is 0. The molecular weight excluding hydrogens is 244 g/mol. The molecule has 0 unspecified atom stereocenters. The highest BCUT2D eigenvalue weighted by Crippen LogP contribution is 2.42. The first-order valence-corrected chi connectivity index (χ1v) is 7.18. The SMILES string of the molecule is O=C(O)C1(Cn2nnnc2CC2CCCC2)CCC1. The topological polar surface area (TPSA) is 80.9 Å². The predicted molar refractivity (Wildman–Crippen MR) is 67.4 cm³/mol. The highest BCUT2D eigenvalue weighted by molar-refractivity contribution is 5.75. The van der Waals surface area contributed by atoms with Crippen LogP contribution in [0.1, 0.15) is 50.8 Å². The smallest absolute Gasteiger partial charge is 0.311 e. The Kier molecular flexibility index (Phi) is 3.24. The Bertz CT molecular complexity index is 461. The average Bonchev–Trinajstić information content (AvgIpc) is 2.96. The maximum atomic E-state index is 11.4. The monoisotopic (exact) mass is 264 g/mol. The summed E-state index contributed by atoms with van der Waals surface area (Å²) in [5.74, 6) is 0.826. The third-order valence-corrected chi connectivity index (χ3v) is 4.77. The molecule has 2 saturated carbocycles. The van der Waals surface area contributed by atoms with Gasteiger partial charge in [0.15, 0.2) is 5.82 Å². The van der Waals surface area contributed by atoms with Crippen LogP contribution in [0, 0.1) is 11.3 Å². The molecule has 0 aliphatic heterocycles. The molecular formula is C13H20N4O2. The average molecular weight is 264 g/mol. The van der Waals surface area contributed by atoms with Crippen molar-refractivity contribution >= 4 is 5.97 Å². The Labute approximate surface area is 112 Å². The van der Waals surface area contributed by atoms with Crippen molar-refractivity contribution in [3.8, 4) is 0 Å². The van der Waals surface area contributed by atoms with Crippen molar-refractivity contribution in [2.75, 3.05) is 0 Å². The summed E-state index contributed by atoms with van der Waals surface area (Å²) in [7, 11) is 0. The molecule has 0 aromatic carbocycles. The molecule has 0 saturated heterocycles. The van der Waals surface area contributed by atoms with E-state index >= 15 is 0 Å². The van der Waals surface area contributed by atoms with Crippen LogP contribution in [0.4, 0.5) is 0 Å². The molecule has 2 fully saturated rings. The summed E-state index contributed by atoms with van der Waals surface area (Å²) in [4.78, 5) is 11.4. The Morgan fingerprint density at radius 1 is 1.32 bits per heavy atom. The van der Waals surface area contributed by atoms with Gasteiger partial charge in [0.25, 0.3) is 0 Å². The van der Waals surface area contributed by atoms with E-state index in [1.165, 1.54) is 25.7 Å². The van der Waals surface area contributed by atoms with E-state index in [-0.39, 0.29) is 0 Å². The Morgan fingerprint density at radius 2 is 2.05 bits per heavy atom. The van der Waals surface area contributed by atoms with Crippen molar-refractivity contribution < 1.29 is 9.90 Å². The van der Waals surface area contributed by atoms with E-state index < -0.39 is 11.4 Å². The second kappa shape index (κ2) is 4.90. The van der Waals surface area contributed by atoms with Gasteiger partial charge in [-0.15, -0.1) is 5.10 Å². The summed E-state index contributed by atoms with van der Waals surface area (Å²) in [6.45, 7) is 0.428. The number of aliphatic carboxylic acids is 1. The van der Waals surface area contributed by atoms with E-state index in [0.717, 1.165) is 31.5 Å². The van der Waals surface area contributed by atoms with E-state index in [4.69, 9.17) is 0 Å². The zero-order chi connectivity index (χ0) is 13.3. The molecule has 104 valence electrons. The molecule has 0 radical (unpaired) electrons. The van der Waals surface area contributed by atoms with Gasteiger partial charge in [0, 0.05) is 6.42 Å². The molecule has 1 aromatic rings. The van der Waals surface area contributed by atoms with Crippen molar-refractivity contribution in [2.24, 2.45) is 11.3 Å². The molecule has 6 nitrogen and oxygen atoms in total. The van der Waals surface area contributed by atoms with Gasteiger partial charge >= 0.3 is 5.97 Å². The van der Waals surface area contributed by atoms with Gasteiger partial charge in [-0.05, 0) is 29.2 Å². The molecule has 0 spiro atoms. The largest absolute Gasteiger partial charge is 0.481 e. The van der Waals surface area contributed by atoms with E-state index in [1.54, 1.807) is 4.68 Å². The first-order chi connectivity index (χ1) is 9.20. The Hall–Kier alpha value is -1.46. The van der Waals surface area contributed by atoms with E-state index in [0.29, 0.717) is 12.5 Å². The van der Waals surface area contributed by atoms with Gasteiger partial charge in [0.1, 0.15) is 0 Å². The van der Waals surface area contributed by atoms with E-state index in [9.17, 15) is 9.90 Å². The molecule has 3 rings (SSSR count). The number of hydrogen-bond donors (Lipinski definition) is 1. The number of rotatable bonds is 5. The summed E-state index contributed by atoms with van der Waals surface area (Å²) >= 11 is 0. The lowest BCUT2D eigenvalue weighted by Gasteiger charge is -2.37. The number of nitrogens with zero attached hydrogens (tertiary/aromatic N) is 4. The van der Waals surface area contributed by atoms with Crippen molar-refractivity contribution in [3.63, 3.8) is 0 Å². The zero-order valence-corrected chi connectivity index (χ0v) is 11.1. The normalized spacial score (nSPS) is 22.3. The van der Waals surface area contributed by atoms with E-state index in [2.05, 4.69) is 15.5 Å². The molecule has 1 N–H and O–H groups in total. The van der Waals surface area contributed by atoms with Crippen LogP contribution in [0.25, 0.3) is 0 Å². The zero-order valence-electron chi connectivity index (χ0n) is 11.1. The van der Waals surface area contributed by atoms with Gasteiger partial charge in [-0.1, -0.05) is 32.1 Å². The maximum Gasteiger partial charge on any atom is 0.311 e. The summed E-state index contributed by atoms with van der Waals surface area (Å²) in [5.41, 5.74) is -0.625. The number of carboxylic acids is 1. The van der Waals surface area contributed by atoms with E-state index in [1.807, 2.05) is 0 Å². The van der Waals surface area contributed by atoms with Crippen LogP contribution in [0.3, 0.4) is 0 Å². The lowest BCUT2D eigenvalue weighted by Crippen LogP contribution is -2.42. The van der Waals surface area contributed by atoms with Gasteiger partial charge in [-0.2, -0.15) is 0 Å². The van der Waals surface area contributed by atoms with Gasteiger partial charge in [-0.3, -0.25) is 4.79 Å². The van der Waals surface area contributed by atoms with Crippen LogP contribution < -0.4 is 0 Å². The molecule has 2 aliphatic carbocycles. The van der Waals surface area contributed by atoms with Crippen molar-refractivity contribution in [3.05, 3.63) is 5.82 Å². The predicted octanol–water partition coefficient (Wildman–Crippen LogP) is 1.66. The summed E-state index contributed by atoms with van der Waals surface area (Å²) in [5, 5.41) is 21.2. The fraction of sp³-hybridized carbons (Fsp3) is 0.846. The van der Waals surface area contributed by atoms with Gasteiger partial charge in [0.05, 0.1) is 12.0 Å². The third kappa shape index (κ3) is 2.35. The minimum absolute atomic E-state index is 0.428. The number of aromatic nitrogens is 4. The molecule has 0 bridgehead atoms. The highest BCUT2D eigenvalue weighted by Gasteiger charge is 2.45. The second-order valence-electron chi connectivity index (χ2n) is 6.05. The summed E-state index contributed by atoms with van der Waals surface area (Å²) < 4.78 is 1.73. The molecule has 2 aliphatic rings. The van der Waals surface area contributed by atoms with Gasteiger partial charge < -0.3 is 5.11 Å². The fourth-order valence-corrected chi connectivity index (χ4v) is 3.29. The van der Waals surface area contributed by atoms with Gasteiger partial charge in [-0.25, -0.2) is 4.68 Å². The summed E-state index contributed by atoms with van der Waals surface area (Å²) in [6.07, 6.45) is 8.45. The quantitative estimate of drug-likeness (QED) is 0.874. The van der Waals surface area contributed by atoms with Crippen LogP contribution in [0.2, 0.25) is 0 Å². The maximum absolute atomic E-state index is 11.4. The van der Waals surface area contributed by atoms with Crippen molar-refractivity contribution in [1.82, 2.24) is 20.2 Å². The van der Waals surface area contributed by atoms with Crippen LogP contribution in [0.15, 0.2) is 0 Å². The number of carbonyl (C=O) groups is 1. The van der Waals surface area contributed by atoms with Crippen LogP contribution in [-0.4, -0.2) is 31.3 Å². The fourth-order valence-electron chi connectivity index (χ4n) is 3.29. The molecule has 19 heavy (non-hydrogen) atoms. The minimum Gasteiger partial charge on any atom is -0.481 e. The number of hydrogen-bond acceptors (Lipinski definition) is 4. The minimum atomic E-state index is -0.707. The Morgan fingerprint density at radius 3 is 2.63 bits per heavy atom. The standard InChI is InChI=1S/C13H20N4O2/c18-12(19)13(6-3-7-13)9-17-11(14-15-16-17)8-10-4-1-2-5-10/h10H,1-9H2,(H,18,19). The van der Waals surface area contributed by atoms with Crippen LogP contribution in [-0.2, 0) is 17.8 Å². The molecule has 6 heteroatoms. The Balaban J connectivity index is 1.71. The van der Waals surface area contributed by atoms with Crippen molar-refractivity contribution in [1.29, 1.82) is 0 Å². The molecule has 1 aromatic heterocycles.